The van der Waals surface area contributed by atoms with Gasteiger partial charge in [0.25, 0.3) is 0 Å². The van der Waals surface area contributed by atoms with Crippen molar-refractivity contribution in [3.8, 4) is 0 Å². The molecule has 0 saturated carbocycles. The Bertz CT molecular complexity index is 792. The highest BCUT2D eigenvalue weighted by atomic mass is 35.5. The van der Waals surface area contributed by atoms with Gasteiger partial charge < -0.3 is 0 Å². The molecule has 3 aromatic carbocycles. The molecular formula is C23H26ClP3. The third-order valence-corrected chi connectivity index (χ3v) is 12.3. The number of halogens is 1. The Balaban J connectivity index is 2.02. The smallest absolute Gasteiger partial charge is 0.0474 e. The van der Waals surface area contributed by atoms with E-state index >= 15 is 0 Å². The quantitative estimate of drug-likeness (QED) is 0.327. The Morgan fingerprint density at radius 2 is 0.889 bits per heavy atom. The SMILES string of the molecule is Cc1ccccc1PC(CCl)(Pc1ccccc1C)Pc1ccccc1C. The van der Waals surface area contributed by atoms with Gasteiger partial charge >= 0.3 is 0 Å². The van der Waals surface area contributed by atoms with Crippen molar-refractivity contribution in [2.75, 3.05) is 5.88 Å². The summed E-state index contributed by atoms with van der Waals surface area (Å²) in [6.45, 7) is 6.65. The van der Waals surface area contributed by atoms with E-state index in [0.717, 1.165) is 0 Å². The zero-order chi connectivity index (χ0) is 19.3. The fourth-order valence-electron chi connectivity index (χ4n) is 3.02. The molecule has 4 heteroatoms. The van der Waals surface area contributed by atoms with E-state index in [9.17, 15) is 0 Å². The molecule has 0 aliphatic rings. The van der Waals surface area contributed by atoms with Crippen LogP contribution in [0.1, 0.15) is 16.7 Å². The Morgan fingerprint density at radius 1 is 0.593 bits per heavy atom. The highest BCUT2D eigenvalue weighted by Gasteiger charge is 2.32. The third-order valence-electron chi connectivity index (χ3n) is 4.68. The Morgan fingerprint density at radius 3 is 1.15 bits per heavy atom. The second kappa shape index (κ2) is 9.63. The van der Waals surface area contributed by atoms with E-state index in [-0.39, 0.29) is 4.64 Å². The fourth-order valence-corrected chi connectivity index (χ4v) is 9.76. The molecule has 3 atom stereocenters. The van der Waals surface area contributed by atoms with Crippen LogP contribution in [0, 0.1) is 20.8 Å². The Hall–Kier alpha value is -0.760. The first kappa shape index (κ1) is 21.0. The van der Waals surface area contributed by atoms with Crippen molar-refractivity contribution < 1.29 is 0 Å². The number of hydrogen-bond acceptors (Lipinski definition) is 0. The van der Waals surface area contributed by atoms with Gasteiger partial charge in [0.05, 0.1) is 0 Å². The molecule has 0 radical (unpaired) electrons. The first-order valence-corrected chi connectivity index (χ1v) is 12.6. The van der Waals surface area contributed by atoms with E-state index < -0.39 is 0 Å². The lowest BCUT2D eigenvalue weighted by Crippen LogP contribution is -2.24. The van der Waals surface area contributed by atoms with Gasteiger partial charge in [0, 0.05) is 10.5 Å². The minimum Gasteiger partial charge on any atom is -0.125 e. The summed E-state index contributed by atoms with van der Waals surface area (Å²) in [6, 6.07) is 26.3. The summed E-state index contributed by atoms with van der Waals surface area (Å²) in [4.78, 5) is 0. The molecule has 0 bridgehead atoms. The minimum atomic E-state index is 0.0753. The molecule has 0 spiro atoms. The number of alkyl halides is 1. The Labute approximate surface area is 173 Å². The van der Waals surface area contributed by atoms with Crippen molar-refractivity contribution in [1.29, 1.82) is 0 Å². The predicted octanol–water partition coefficient (Wildman–Crippen LogP) is 5.82. The maximum Gasteiger partial charge on any atom is 0.0474 e. The van der Waals surface area contributed by atoms with Crippen LogP contribution in [0.4, 0.5) is 0 Å². The molecular weight excluding hydrogens is 405 g/mol. The van der Waals surface area contributed by atoms with E-state index in [0.29, 0.717) is 31.6 Å². The monoisotopic (exact) mass is 430 g/mol. The van der Waals surface area contributed by atoms with E-state index in [4.69, 9.17) is 11.6 Å². The largest absolute Gasteiger partial charge is 0.125 e. The first-order valence-electron chi connectivity index (χ1n) is 9.10. The number of aryl methyl sites for hydroxylation is 3. The molecule has 140 valence electrons. The zero-order valence-corrected chi connectivity index (χ0v) is 19.8. The molecule has 3 aromatic rings. The third kappa shape index (κ3) is 5.40. The molecule has 0 aromatic heterocycles. The van der Waals surface area contributed by atoms with Crippen LogP contribution >= 0.6 is 37.3 Å². The van der Waals surface area contributed by atoms with Crippen LogP contribution in [-0.4, -0.2) is 10.5 Å². The average molecular weight is 431 g/mol. The molecule has 0 fully saturated rings. The molecule has 3 unspecified atom stereocenters. The molecule has 3 rings (SSSR count). The van der Waals surface area contributed by atoms with Gasteiger partial charge in [0.2, 0.25) is 0 Å². The normalized spacial score (nSPS) is 14.7. The summed E-state index contributed by atoms with van der Waals surface area (Å²) in [5.41, 5.74) is 4.11. The van der Waals surface area contributed by atoms with Gasteiger partial charge in [-0.3, -0.25) is 0 Å². The summed E-state index contributed by atoms with van der Waals surface area (Å²) < 4.78 is 0.0753. The fraction of sp³-hybridized carbons (Fsp3) is 0.217. The van der Waals surface area contributed by atoms with Gasteiger partial charge in [0.1, 0.15) is 0 Å². The van der Waals surface area contributed by atoms with Gasteiger partial charge in [-0.2, -0.15) is 0 Å². The lowest BCUT2D eigenvalue weighted by atomic mass is 10.2. The highest BCUT2D eigenvalue weighted by molar-refractivity contribution is 7.83. The van der Waals surface area contributed by atoms with E-state index in [1.807, 2.05) is 0 Å². The van der Waals surface area contributed by atoms with Gasteiger partial charge in [-0.15, -0.1) is 11.6 Å². The Kier molecular flexibility index (Phi) is 7.48. The van der Waals surface area contributed by atoms with Crippen molar-refractivity contribution in [3.63, 3.8) is 0 Å². The van der Waals surface area contributed by atoms with Crippen molar-refractivity contribution in [2.45, 2.75) is 25.4 Å². The van der Waals surface area contributed by atoms with Gasteiger partial charge in [-0.1, -0.05) is 98.5 Å². The van der Waals surface area contributed by atoms with Crippen LogP contribution in [0.3, 0.4) is 0 Å². The number of hydrogen-bond donors (Lipinski definition) is 0. The summed E-state index contributed by atoms with van der Waals surface area (Å²) in [5, 5.41) is 4.33. The first-order chi connectivity index (χ1) is 13.0. The molecule has 27 heavy (non-hydrogen) atoms. The van der Waals surface area contributed by atoms with Crippen LogP contribution in [0.15, 0.2) is 72.8 Å². The minimum absolute atomic E-state index is 0.0753. The molecule has 0 aliphatic carbocycles. The zero-order valence-electron chi connectivity index (χ0n) is 16.0. The lowest BCUT2D eigenvalue weighted by molar-refractivity contribution is 1.31. The van der Waals surface area contributed by atoms with Crippen molar-refractivity contribution in [2.24, 2.45) is 0 Å². The van der Waals surface area contributed by atoms with Crippen molar-refractivity contribution in [1.82, 2.24) is 0 Å². The summed E-state index contributed by atoms with van der Waals surface area (Å²) in [6.07, 6.45) is 0. The van der Waals surface area contributed by atoms with Crippen molar-refractivity contribution in [3.05, 3.63) is 89.5 Å². The molecule has 0 N–H and O–H groups in total. The maximum absolute atomic E-state index is 6.75. The average Bonchev–Trinajstić information content (AvgIpc) is 2.67. The van der Waals surface area contributed by atoms with Crippen LogP contribution in [0.5, 0.6) is 0 Å². The van der Waals surface area contributed by atoms with E-state index in [2.05, 4.69) is 93.6 Å². The van der Waals surface area contributed by atoms with Crippen LogP contribution in [0.25, 0.3) is 0 Å². The number of benzene rings is 3. The van der Waals surface area contributed by atoms with Crippen LogP contribution in [0.2, 0.25) is 0 Å². The molecule has 0 aliphatic heterocycles. The molecule has 0 nitrogen and oxygen atoms in total. The standard InChI is InChI=1S/C23H26ClP3/c1-17-10-4-7-13-20(17)25-23(16-24,26-21-14-8-5-11-18(21)2)27-22-15-9-6-12-19(22)3/h4-15,25-27H,16H2,1-3H3. The predicted molar refractivity (Wildman–Crippen MR) is 131 cm³/mol. The molecule has 0 saturated heterocycles. The number of rotatable bonds is 7. The van der Waals surface area contributed by atoms with Gasteiger partial charge in [-0.05, 0) is 53.4 Å². The van der Waals surface area contributed by atoms with E-state index in [1.54, 1.807) is 0 Å². The highest BCUT2D eigenvalue weighted by Crippen LogP contribution is 2.58. The summed E-state index contributed by atoms with van der Waals surface area (Å²) >= 11 is 6.75. The van der Waals surface area contributed by atoms with Crippen LogP contribution in [-0.2, 0) is 0 Å². The maximum atomic E-state index is 6.75. The summed E-state index contributed by atoms with van der Waals surface area (Å²) in [7, 11) is 2.10. The van der Waals surface area contributed by atoms with Crippen molar-refractivity contribution >= 4 is 53.3 Å². The lowest BCUT2D eigenvalue weighted by Gasteiger charge is -2.34. The second-order valence-corrected chi connectivity index (χ2v) is 13.6. The molecule has 0 heterocycles. The van der Waals surface area contributed by atoms with E-state index in [1.165, 1.54) is 32.6 Å². The second-order valence-electron chi connectivity index (χ2n) is 6.86. The van der Waals surface area contributed by atoms with Crippen LogP contribution < -0.4 is 15.9 Å². The molecule has 0 amide bonds. The van der Waals surface area contributed by atoms with Gasteiger partial charge in [0.15, 0.2) is 0 Å². The van der Waals surface area contributed by atoms with Gasteiger partial charge in [-0.25, -0.2) is 0 Å². The summed E-state index contributed by atoms with van der Waals surface area (Å²) in [5.74, 6) is 0.680. The topological polar surface area (TPSA) is 0 Å².